The first-order valence-corrected chi connectivity index (χ1v) is 5.48. The van der Waals surface area contributed by atoms with Gasteiger partial charge in [-0.3, -0.25) is 0 Å². The van der Waals surface area contributed by atoms with Crippen molar-refractivity contribution in [2.75, 3.05) is 19.0 Å². The van der Waals surface area contributed by atoms with Crippen LogP contribution in [0.5, 0.6) is 0 Å². The molecule has 4 heteroatoms. The predicted molar refractivity (Wildman–Crippen MR) is 61.8 cm³/mol. The summed E-state index contributed by atoms with van der Waals surface area (Å²) in [5, 5.41) is 1.91. The molecule has 0 saturated carbocycles. The second kappa shape index (κ2) is 3.98. The van der Waals surface area contributed by atoms with E-state index in [1.54, 1.807) is 16.5 Å². The highest BCUT2D eigenvalue weighted by molar-refractivity contribution is 7.07. The van der Waals surface area contributed by atoms with Crippen molar-refractivity contribution >= 4 is 17.0 Å². The summed E-state index contributed by atoms with van der Waals surface area (Å²) in [5.74, 6) is -0.217. The zero-order valence-electron chi connectivity index (χ0n) is 8.57. The number of anilines is 1. The zero-order valence-corrected chi connectivity index (χ0v) is 9.38. The van der Waals surface area contributed by atoms with Crippen LogP contribution < -0.4 is 4.90 Å². The molecule has 0 atom stereocenters. The van der Waals surface area contributed by atoms with E-state index in [1.165, 1.54) is 17.4 Å². The lowest BCUT2D eigenvalue weighted by atomic mass is 10.1. The lowest BCUT2D eigenvalue weighted by molar-refractivity contribution is 0.626. The number of rotatable bonds is 2. The fourth-order valence-electron chi connectivity index (χ4n) is 1.38. The minimum Gasteiger partial charge on any atom is -0.375 e. The van der Waals surface area contributed by atoms with Crippen LogP contribution in [0.1, 0.15) is 0 Å². The van der Waals surface area contributed by atoms with Gasteiger partial charge in [-0.15, -0.1) is 11.3 Å². The summed E-state index contributed by atoms with van der Waals surface area (Å²) in [5.41, 5.74) is 3.98. The van der Waals surface area contributed by atoms with Gasteiger partial charge < -0.3 is 4.90 Å². The predicted octanol–water partition coefficient (Wildman–Crippen LogP) is 3.02. The van der Waals surface area contributed by atoms with E-state index in [4.69, 9.17) is 0 Å². The Labute approximate surface area is 92.0 Å². The zero-order chi connectivity index (χ0) is 10.8. The molecule has 1 aromatic heterocycles. The second-order valence-electron chi connectivity index (χ2n) is 3.43. The number of hydrogen-bond donors (Lipinski definition) is 0. The summed E-state index contributed by atoms with van der Waals surface area (Å²) < 4.78 is 13.6. The van der Waals surface area contributed by atoms with Crippen LogP contribution in [0.15, 0.2) is 29.1 Å². The van der Waals surface area contributed by atoms with Gasteiger partial charge in [-0.05, 0) is 12.1 Å². The molecule has 2 aromatic rings. The van der Waals surface area contributed by atoms with Crippen LogP contribution in [0.25, 0.3) is 11.3 Å². The molecule has 78 valence electrons. The molecule has 0 fully saturated rings. The third kappa shape index (κ3) is 1.99. The summed E-state index contributed by atoms with van der Waals surface area (Å²) in [6, 6.07) is 5.17. The smallest absolute Gasteiger partial charge is 0.147 e. The minimum atomic E-state index is -0.217. The fraction of sp³-hybridized carbons (Fsp3) is 0.182. The Morgan fingerprint density at radius 2 is 2.13 bits per heavy atom. The Morgan fingerprint density at radius 3 is 2.67 bits per heavy atom. The van der Waals surface area contributed by atoms with Crippen molar-refractivity contribution in [1.82, 2.24) is 4.98 Å². The standard InChI is InChI=1S/C11H11FN2S/c1-14(2)11-4-3-8(5-9(11)12)10-6-15-7-13-10/h3-7H,1-2H3. The maximum Gasteiger partial charge on any atom is 0.147 e. The lowest BCUT2D eigenvalue weighted by Gasteiger charge is -2.13. The first kappa shape index (κ1) is 10.1. The molecule has 2 rings (SSSR count). The molecule has 0 unspecified atom stereocenters. The Balaban J connectivity index is 2.42. The van der Waals surface area contributed by atoms with Crippen molar-refractivity contribution < 1.29 is 4.39 Å². The van der Waals surface area contributed by atoms with E-state index >= 15 is 0 Å². The fourth-order valence-corrected chi connectivity index (χ4v) is 1.95. The third-order valence-electron chi connectivity index (χ3n) is 2.16. The molecule has 0 aliphatic heterocycles. The molecule has 2 nitrogen and oxygen atoms in total. The molecule has 0 N–H and O–H groups in total. The van der Waals surface area contributed by atoms with Gasteiger partial charge >= 0.3 is 0 Å². The average Bonchev–Trinajstić information content (AvgIpc) is 2.69. The summed E-state index contributed by atoms with van der Waals surface area (Å²) in [6.45, 7) is 0. The SMILES string of the molecule is CN(C)c1ccc(-c2cscn2)cc1F. The van der Waals surface area contributed by atoms with E-state index in [0.717, 1.165) is 11.3 Å². The molecule has 1 aromatic carbocycles. The highest BCUT2D eigenvalue weighted by atomic mass is 32.1. The van der Waals surface area contributed by atoms with Crippen LogP contribution in [0.4, 0.5) is 10.1 Å². The Morgan fingerprint density at radius 1 is 1.33 bits per heavy atom. The normalized spacial score (nSPS) is 10.3. The van der Waals surface area contributed by atoms with Crippen molar-refractivity contribution in [3.63, 3.8) is 0 Å². The molecular weight excluding hydrogens is 211 g/mol. The molecule has 0 bridgehead atoms. The van der Waals surface area contributed by atoms with Crippen LogP contribution >= 0.6 is 11.3 Å². The molecule has 0 spiro atoms. The van der Waals surface area contributed by atoms with Crippen LogP contribution in [0, 0.1) is 5.82 Å². The largest absolute Gasteiger partial charge is 0.375 e. The number of halogens is 1. The average molecular weight is 222 g/mol. The van der Waals surface area contributed by atoms with Gasteiger partial charge in [0.25, 0.3) is 0 Å². The summed E-state index contributed by atoms with van der Waals surface area (Å²) in [4.78, 5) is 5.89. The first-order valence-electron chi connectivity index (χ1n) is 4.54. The van der Waals surface area contributed by atoms with Gasteiger partial charge in [0.2, 0.25) is 0 Å². The number of hydrogen-bond acceptors (Lipinski definition) is 3. The quantitative estimate of drug-likeness (QED) is 0.776. The molecule has 0 saturated heterocycles. The second-order valence-corrected chi connectivity index (χ2v) is 4.15. The van der Waals surface area contributed by atoms with E-state index in [-0.39, 0.29) is 5.82 Å². The van der Waals surface area contributed by atoms with Gasteiger partial charge in [-0.1, -0.05) is 6.07 Å². The number of aromatic nitrogens is 1. The van der Waals surface area contributed by atoms with Crippen molar-refractivity contribution in [3.05, 3.63) is 34.9 Å². The Hall–Kier alpha value is -1.42. The molecule has 0 radical (unpaired) electrons. The molecule has 0 aliphatic rings. The van der Waals surface area contributed by atoms with Gasteiger partial charge in [0.1, 0.15) is 5.82 Å². The van der Waals surface area contributed by atoms with Gasteiger partial charge in [0.05, 0.1) is 16.9 Å². The summed E-state index contributed by atoms with van der Waals surface area (Å²) in [6.07, 6.45) is 0. The Bertz CT molecular complexity index is 452. The van der Waals surface area contributed by atoms with Gasteiger partial charge in [-0.2, -0.15) is 0 Å². The maximum absolute atomic E-state index is 13.6. The van der Waals surface area contributed by atoms with E-state index in [9.17, 15) is 4.39 Å². The van der Waals surface area contributed by atoms with Gasteiger partial charge in [-0.25, -0.2) is 9.37 Å². The Kier molecular flexibility index (Phi) is 2.68. The lowest BCUT2D eigenvalue weighted by Crippen LogP contribution is -2.10. The molecule has 15 heavy (non-hydrogen) atoms. The summed E-state index contributed by atoms with van der Waals surface area (Å²) in [7, 11) is 3.64. The molecule has 0 amide bonds. The highest BCUT2D eigenvalue weighted by Gasteiger charge is 2.07. The first-order chi connectivity index (χ1) is 7.18. The number of nitrogens with zero attached hydrogens (tertiary/aromatic N) is 2. The number of thiazole rings is 1. The number of benzene rings is 1. The topological polar surface area (TPSA) is 16.1 Å². The van der Waals surface area contributed by atoms with Gasteiger partial charge in [0.15, 0.2) is 0 Å². The van der Waals surface area contributed by atoms with Crippen LogP contribution in [0.3, 0.4) is 0 Å². The molecular formula is C11H11FN2S. The van der Waals surface area contributed by atoms with E-state index in [0.29, 0.717) is 5.69 Å². The van der Waals surface area contributed by atoms with Crippen molar-refractivity contribution in [2.45, 2.75) is 0 Å². The molecule has 0 aliphatic carbocycles. The van der Waals surface area contributed by atoms with Crippen LogP contribution in [0.2, 0.25) is 0 Å². The van der Waals surface area contributed by atoms with Gasteiger partial charge in [0, 0.05) is 25.0 Å². The summed E-state index contributed by atoms with van der Waals surface area (Å²) >= 11 is 1.51. The van der Waals surface area contributed by atoms with Crippen LogP contribution in [-0.2, 0) is 0 Å². The monoisotopic (exact) mass is 222 g/mol. The van der Waals surface area contributed by atoms with Crippen molar-refractivity contribution in [2.24, 2.45) is 0 Å². The third-order valence-corrected chi connectivity index (χ3v) is 2.74. The minimum absolute atomic E-state index is 0.217. The maximum atomic E-state index is 13.6. The molecule has 1 heterocycles. The van der Waals surface area contributed by atoms with E-state index in [2.05, 4.69) is 4.98 Å². The van der Waals surface area contributed by atoms with E-state index in [1.807, 2.05) is 25.5 Å². The highest BCUT2D eigenvalue weighted by Crippen LogP contribution is 2.25. The van der Waals surface area contributed by atoms with E-state index < -0.39 is 0 Å². The van der Waals surface area contributed by atoms with Crippen molar-refractivity contribution in [1.29, 1.82) is 0 Å². The van der Waals surface area contributed by atoms with Crippen LogP contribution in [-0.4, -0.2) is 19.1 Å². The van der Waals surface area contributed by atoms with Crippen molar-refractivity contribution in [3.8, 4) is 11.3 Å².